The van der Waals surface area contributed by atoms with Crippen LogP contribution in [-0.4, -0.2) is 23.7 Å². The highest BCUT2D eigenvalue weighted by Gasteiger charge is 2.06. The second-order valence-electron chi connectivity index (χ2n) is 3.83. The van der Waals surface area contributed by atoms with E-state index < -0.39 is 5.97 Å². The Kier molecular flexibility index (Phi) is 14.1. The van der Waals surface area contributed by atoms with Gasteiger partial charge in [-0.3, -0.25) is 4.79 Å². The van der Waals surface area contributed by atoms with E-state index in [1.165, 1.54) is 6.08 Å². The van der Waals surface area contributed by atoms with Gasteiger partial charge in [0.15, 0.2) is 0 Å². The van der Waals surface area contributed by atoms with Crippen molar-refractivity contribution in [3.63, 3.8) is 0 Å². The zero-order chi connectivity index (χ0) is 14.4. The Labute approximate surface area is 109 Å². The number of carbonyl (C=O) groups excluding carboxylic acids is 1. The number of aliphatic carboxylic acids is 1. The number of hydrogen-bond donors (Lipinski definition) is 1. The van der Waals surface area contributed by atoms with Crippen molar-refractivity contribution in [3.05, 3.63) is 24.3 Å². The molecule has 0 rings (SSSR count). The second kappa shape index (κ2) is 13.5. The number of hydrogen-bond acceptors (Lipinski definition) is 3. The van der Waals surface area contributed by atoms with E-state index in [-0.39, 0.29) is 11.9 Å². The molecule has 0 aliphatic heterocycles. The van der Waals surface area contributed by atoms with E-state index in [1.807, 2.05) is 19.9 Å². The van der Waals surface area contributed by atoms with Crippen LogP contribution in [0.25, 0.3) is 0 Å². The normalized spacial score (nSPS) is 10.5. The fourth-order valence-electron chi connectivity index (χ4n) is 0.821. The molecular formula is C14H24O4. The molecule has 18 heavy (non-hydrogen) atoms. The number of carboxylic acid groups (broad SMARTS) is 1. The van der Waals surface area contributed by atoms with E-state index in [2.05, 4.69) is 13.0 Å². The summed E-state index contributed by atoms with van der Waals surface area (Å²) in [6, 6.07) is 0. The molecule has 0 aromatic heterocycles. The maximum Gasteiger partial charge on any atom is 0.327 e. The maximum absolute atomic E-state index is 10.9. The summed E-state index contributed by atoms with van der Waals surface area (Å²) in [4.78, 5) is 20.4. The molecule has 0 amide bonds. The van der Waals surface area contributed by atoms with Gasteiger partial charge in [0.1, 0.15) is 0 Å². The molecule has 0 unspecified atom stereocenters. The van der Waals surface area contributed by atoms with E-state index in [0.29, 0.717) is 6.61 Å². The van der Waals surface area contributed by atoms with Crippen LogP contribution in [0.1, 0.15) is 40.5 Å². The third kappa shape index (κ3) is 16.8. The van der Waals surface area contributed by atoms with Crippen LogP contribution in [0.15, 0.2) is 24.3 Å². The van der Waals surface area contributed by atoms with Crippen LogP contribution in [0, 0.1) is 5.92 Å². The lowest BCUT2D eigenvalue weighted by molar-refractivity contribution is -0.147. The predicted octanol–water partition coefficient (Wildman–Crippen LogP) is 3.19. The summed E-state index contributed by atoms with van der Waals surface area (Å²) in [5.74, 6) is -1.02. The van der Waals surface area contributed by atoms with E-state index in [1.54, 1.807) is 6.92 Å². The van der Waals surface area contributed by atoms with Crippen molar-refractivity contribution >= 4 is 11.9 Å². The van der Waals surface area contributed by atoms with E-state index >= 15 is 0 Å². The molecule has 0 aliphatic rings. The van der Waals surface area contributed by atoms with Crippen molar-refractivity contribution in [2.75, 3.05) is 6.61 Å². The summed E-state index contributed by atoms with van der Waals surface area (Å²) in [5.41, 5.74) is 0. The molecule has 0 saturated carbocycles. The first-order valence-corrected chi connectivity index (χ1v) is 6.12. The first-order chi connectivity index (χ1) is 8.45. The first-order valence-electron chi connectivity index (χ1n) is 6.12. The maximum atomic E-state index is 10.9. The SMILES string of the molecule is C/C=C/C(=O)O.CCC=CCCOC(=O)C(C)C. The Hall–Kier alpha value is -1.58. The summed E-state index contributed by atoms with van der Waals surface area (Å²) in [5, 5.41) is 7.83. The lowest BCUT2D eigenvalue weighted by atomic mass is 10.2. The third-order valence-corrected chi connectivity index (χ3v) is 1.71. The Morgan fingerprint density at radius 3 is 2.22 bits per heavy atom. The molecule has 0 atom stereocenters. The van der Waals surface area contributed by atoms with E-state index in [4.69, 9.17) is 9.84 Å². The van der Waals surface area contributed by atoms with Crippen LogP contribution in [-0.2, 0) is 14.3 Å². The van der Waals surface area contributed by atoms with Gasteiger partial charge in [0.05, 0.1) is 12.5 Å². The third-order valence-electron chi connectivity index (χ3n) is 1.71. The molecule has 0 radical (unpaired) electrons. The molecule has 4 nitrogen and oxygen atoms in total. The van der Waals surface area contributed by atoms with Crippen molar-refractivity contribution in [1.82, 2.24) is 0 Å². The van der Waals surface area contributed by atoms with E-state index in [9.17, 15) is 9.59 Å². The molecule has 1 N–H and O–H groups in total. The quantitative estimate of drug-likeness (QED) is 0.343. The molecule has 4 heteroatoms. The number of carbonyl (C=O) groups is 2. The van der Waals surface area contributed by atoms with Gasteiger partial charge >= 0.3 is 11.9 Å². The van der Waals surface area contributed by atoms with Gasteiger partial charge in [-0.25, -0.2) is 4.79 Å². The molecule has 0 aromatic rings. The summed E-state index contributed by atoms with van der Waals surface area (Å²) in [7, 11) is 0. The highest BCUT2D eigenvalue weighted by atomic mass is 16.5. The standard InChI is InChI=1S/C10H18O2.C4H6O2/c1-4-5-6-7-8-12-10(11)9(2)3;1-2-3-4(5)6/h5-6,9H,4,7-8H2,1-3H3;2-3H,1H3,(H,5,6)/b;3-2+. The van der Waals surface area contributed by atoms with Crippen LogP contribution < -0.4 is 0 Å². The van der Waals surface area contributed by atoms with Crippen molar-refractivity contribution in [3.8, 4) is 0 Å². The van der Waals surface area contributed by atoms with Gasteiger partial charge in [-0.1, -0.05) is 39.0 Å². The van der Waals surface area contributed by atoms with Crippen molar-refractivity contribution < 1.29 is 19.4 Å². The van der Waals surface area contributed by atoms with Gasteiger partial charge in [0.25, 0.3) is 0 Å². The average molecular weight is 256 g/mol. The summed E-state index contributed by atoms with van der Waals surface area (Å²) in [6.07, 6.45) is 8.53. The number of allylic oxidation sites excluding steroid dienone is 2. The summed E-state index contributed by atoms with van der Waals surface area (Å²) >= 11 is 0. The topological polar surface area (TPSA) is 63.6 Å². The van der Waals surface area contributed by atoms with Crippen LogP contribution in [0.5, 0.6) is 0 Å². The minimum atomic E-state index is -0.891. The molecule has 0 saturated heterocycles. The smallest absolute Gasteiger partial charge is 0.327 e. The van der Waals surface area contributed by atoms with E-state index in [0.717, 1.165) is 18.9 Å². The number of rotatable bonds is 6. The highest BCUT2D eigenvalue weighted by molar-refractivity contribution is 5.79. The van der Waals surface area contributed by atoms with Gasteiger partial charge in [0.2, 0.25) is 0 Å². The molecule has 0 aliphatic carbocycles. The Morgan fingerprint density at radius 1 is 1.28 bits per heavy atom. The first kappa shape index (κ1) is 18.8. The molecule has 0 heterocycles. The van der Waals surface area contributed by atoms with Gasteiger partial charge in [-0.15, -0.1) is 0 Å². The predicted molar refractivity (Wildman–Crippen MR) is 72.3 cm³/mol. The highest BCUT2D eigenvalue weighted by Crippen LogP contribution is 1.97. The van der Waals surface area contributed by atoms with Gasteiger partial charge < -0.3 is 9.84 Å². The number of carboxylic acids is 1. The fraction of sp³-hybridized carbons (Fsp3) is 0.571. The average Bonchev–Trinajstić information content (AvgIpc) is 2.29. The molecule has 0 bridgehead atoms. The van der Waals surface area contributed by atoms with Crippen molar-refractivity contribution in [2.24, 2.45) is 5.92 Å². The number of esters is 1. The van der Waals surface area contributed by atoms with Crippen LogP contribution in [0.3, 0.4) is 0 Å². The largest absolute Gasteiger partial charge is 0.478 e. The molecule has 0 aromatic carbocycles. The van der Waals surface area contributed by atoms with Gasteiger partial charge in [0, 0.05) is 6.08 Å². The van der Waals surface area contributed by atoms with Gasteiger partial charge in [-0.2, -0.15) is 0 Å². The van der Waals surface area contributed by atoms with Crippen molar-refractivity contribution in [1.29, 1.82) is 0 Å². The van der Waals surface area contributed by atoms with Gasteiger partial charge in [-0.05, 0) is 19.8 Å². The second-order valence-corrected chi connectivity index (χ2v) is 3.83. The van der Waals surface area contributed by atoms with Crippen LogP contribution in [0.4, 0.5) is 0 Å². The Morgan fingerprint density at radius 2 is 1.89 bits per heavy atom. The molecule has 0 spiro atoms. The van der Waals surface area contributed by atoms with Crippen LogP contribution >= 0.6 is 0 Å². The number of ether oxygens (including phenoxy) is 1. The molecular weight excluding hydrogens is 232 g/mol. The zero-order valence-electron chi connectivity index (χ0n) is 11.7. The summed E-state index contributed by atoms with van der Waals surface area (Å²) in [6.45, 7) is 7.92. The minimum absolute atomic E-state index is 0.0137. The Bertz CT molecular complexity index is 278. The molecule has 0 fully saturated rings. The summed E-state index contributed by atoms with van der Waals surface area (Å²) < 4.78 is 4.96. The molecule has 104 valence electrons. The lowest BCUT2D eigenvalue weighted by Crippen LogP contribution is -2.11. The van der Waals surface area contributed by atoms with Crippen LogP contribution in [0.2, 0.25) is 0 Å². The van der Waals surface area contributed by atoms with Crippen molar-refractivity contribution in [2.45, 2.75) is 40.5 Å². The zero-order valence-corrected chi connectivity index (χ0v) is 11.7. The monoisotopic (exact) mass is 256 g/mol. The minimum Gasteiger partial charge on any atom is -0.478 e. The lowest BCUT2D eigenvalue weighted by Gasteiger charge is -2.04. The fourth-order valence-corrected chi connectivity index (χ4v) is 0.821. The Balaban J connectivity index is 0.